The molecule has 2 aromatic heterocycles. The van der Waals surface area contributed by atoms with Crippen molar-refractivity contribution in [1.82, 2.24) is 10.3 Å². The molecule has 0 bridgehead atoms. The summed E-state index contributed by atoms with van der Waals surface area (Å²) < 4.78 is 1.29. The van der Waals surface area contributed by atoms with E-state index in [2.05, 4.69) is 53.3 Å². The molecule has 1 atom stereocenters. The third-order valence-electron chi connectivity index (χ3n) is 3.50. The van der Waals surface area contributed by atoms with Gasteiger partial charge in [-0.15, -0.1) is 11.3 Å². The maximum absolute atomic E-state index is 4.77. The number of aromatic nitrogens is 1. The van der Waals surface area contributed by atoms with Crippen LogP contribution in [0.3, 0.4) is 0 Å². The zero-order valence-electron chi connectivity index (χ0n) is 12.2. The minimum atomic E-state index is 0.472. The van der Waals surface area contributed by atoms with Gasteiger partial charge in [-0.05, 0) is 53.9 Å². The van der Waals surface area contributed by atoms with Crippen LogP contribution >= 0.6 is 22.7 Å². The minimum absolute atomic E-state index is 0.472. The molecule has 3 aromatic rings. The molecule has 21 heavy (non-hydrogen) atoms. The molecule has 4 heteroatoms. The number of benzene rings is 1. The van der Waals surface area contributed by atoms with E-state index in [1.165, 1.54) is 21.7 Å². The summed E-state index contributed by atoms with van der Waals surface area (Å²) >= 11 is 3.60. The van der Waals surface area contributed by atoms with Crippen LogP contribution in [0, 0.1) is 0 Å². The smallest absolute Gasteiger partial charge is 0.0954 e. The standard InChI is InChI=1S/C17H20N2S2/c1-2-8-18-14(10-13-7-9-20-12-13)11-17-19-15-5-3-4-6-16(15)21-17/h3-7,9,12,14,18H,2,8,10-11H2,1H3. The van der Waals surface area contributed by atoms with Crippen LogP contribution in [-0.4, -0.2) is 17.6 Å². The van der Waals surface area contributed by atoms with E-state index in [1.807, 2.05) is 11.3 Å². The molecule has 0 aliphatic rings. The fourth-order valence-electron chi connectivity index (χ4n) is 2.48. The van der Waals surface area contributed by atoms with Crippen molar-refractivity contribution in [2.24, 2.45) is 0 Å². The molecule has 2 nitrogen and oxygen atoms in total. The van der Waals surface area contributed by atoms with E-state index < -0.39 is 0 Å². The first-order chi connectivity index (χ1) is 10.3. The van der Waals surface area contributed by atoms with E-state index in [9.17, 15) is 0 Å². The quantitative estimate of drug-likeness (QED) is 0.693. The molecule has 0 saturated heterocycles. The fraction of sp³-hybridized carbons (Fsp3) is 0.353. The summed E-state index contributed by atoms with van der Waals surface area (Å²) in [6.45, 7) is 3.28. The summed E-state index contributed by atoms with van der Waals surface area (Å²) in [5.41, 5.74) is 2.55. The predicted octanol–water partition coefficient (Wildman–Crippen LogP) is 4.51. The number of hydrogen-bond acceptors (Lipinski definition) is 4. The summed E-state index contributed by atoms with van der Waals surface area (Å²) in [4.78, 5) is 4.77. The van der Waals surface area contributed by atoms with E-state index in [-0.39, 0.29) is 0 Å². The van der Waals surface area contributed by atoms with Crippen LogP contribution in [0.1, 0.15) is 23.9 Å². The Morgan fingerprint density at radius 1 is 1.19 bits per heavy atom. The van der Waals surface area contributed by atoms with Gasteiger partial charge in [0.15, 0.2) is 0 Å². The van der Waals surface area contributed by atoms with Crippen molar-refractivity contribution in [2.75, 3.05) is 6.54 Å². The number of fused-ring (bicyclic) bond motifs is 1. The number of para-hydroxylation sites is 1. The highest BCUT2D eigenvalue weighted by atomic mass is 32.1. The summed E-state index contributed by atoms with van der Waals surface area (Å²) in [7, 11) is 0. The molecule has 0 aliphatic heterocycles. The van der Waals surface area contributed by atoms with Crippen molar-refractivity contribution >= 4 is 32.9 Å². The number of rotatable bonds is 7. The van der Waals surface area contributed by atoms with Crippen molar-refractivity contribution in [3.63, 3.8) is 0 Å². The predicted molar refractivity (Wildman–Crippen MR) is 93.4 cm³/mol. The second-order valence-corrected chi connectivity index (χ2v) is 7.16. The molecule has 0 radical (unpaired) electrons. The molecule has 1 N–H and O–H groups in total. The zero-order valence-corrected chi connectivity index (χ0v) is 13.8. The summed E-state index contributed by atoms with van der Waals surface area (Å²) in [5, 5.41) is 9.31. The Hall–Kier alpha value is -1.23. The molecule has 0 aliphatic carbocycles. The molecular formula is C17H20N2S2. The Morgan fingerprint density at radius 2 is 2.10 bits per heavy atom. The average Bonchev–Trinajstić information content (AvgIpc) is 3.13. The number of nitrogens with one attached hydrogen (secondary N) is 1. The maximum Gasteiger partial charge on any atom is 0.0954 e. The molecule has 0 saturated carbocycles. The Labute approximate surface area is 133 Å². The summed E-state index contributed by atoms with van der Waals surface area (Å²) in [5.74, 6) is 0. The number of nitrogens with zero attached hydrogens (tertiary/aromatic N) is 1. The van der Waals surface area contributed by atoms with Gasteiger partial charge < -0.3 is 5.32 Å². The van der Waals surface area contributed by atoms with Gasteiger partial charge in [-0.25, -0.2) is 4.98 Å². The Morgan fingerprint density at radius 3 is 2.86 bits per heavy atom. The number of thiazole rings is 1. The third kappa shape index (κ3) is 3.90. The molecule has 0 spiro atoms. The average molecular weight is 316 g/mol. The minimum Gasteiger partial charge on any atom is -0.313 e. The lowest BCUT2D eigenvalue weighted by Crippen LogP contribution is -2.33. The molecule has 2 heterocycles. The lowest BCUT2D eigenvalue weighted by molar-refractivity contribution is 0.504. The topological polar surface area (TPSA) is 24.9 Å². The van der Waals surface area contributed by atoms with Gasteiger partial charge in [0, 0.05) is 12.5 Å². The largest absolute Gasteiger partial charge is 0.313 e. The van der Waals surface area contributed by atoms with Gasteiger partial charge in [-0.1, -0.05) is 19.1 Å². The van der Waals surface area contributed by atoms with Gasteiger partial charge >= 0.3 is 0 Å². The van der Waals surface area contributed by atoms with Crippen LogP contribution in [0.25, 0.3) is 10.2 Å². The van der Waals surface area contributed by atoms with E-state index in [4.69, 9.17) is 4.98 Å². The van der Waals surface area contributed by atoms with Crippen molar-refractivity contribution in [3.8, 4) is 0 Å². The highest BCUT2D eigenvalue weighted by Crippen LogP contribution is 2.23. The van der Waals surface area contributed by atoms with Crippen LogP contribution in [0.5, 0.6) is 0 Å². The highest BCUT2D eigenvalue weighted by Gasteiger charge is 2.13. The Kier molecular flexibility index (Phi) is 5.01. The molecular weight excluding hydrogens is 296 g/mol. The second kappa shape index (κ2) is 7.16. The monoisotopic (exact) mass is 316 g/mol. The molecule has 1 aromatic carbocycles. The van der Waals surface area contributed by atoms with Gasteiger partial charge in [0.1, 0.15) is 0 Å². The lowest BCUT2D eigenvalue weighted by Gasteiger charge is -2.16. The molecule has 3 rings (SSSR count). The molecule has 1 unspecified atom stereocenters. The Balaban J connectivity index is 1.73. The van der Waals surface area contributed by atoms with Gasteiger partial charge in [0.25, 0.3) is 0 Å². The van der Waals surface area contributed by atoms with E-state index in [0.717, 1.165) is 24.9 Å². The first-order valence-electron chi connectivity index (χ1n) is 7.44. The van der Waals surface area contributed by atoms with Crippen molar-refractivity contribution in [1.29, 1.82) is 0 Å². The van der Waals surface area contributed by atoms with Gasteiger partial charge in [-0.3, -0.25) is 0 Å². The summed E-state index contributed by atoms with van der Waals surface area (Å²) in [6.07, 6.45) is 3.26. The van der Waals surface area contributed by atoms with Gasteiger partial charge in [0.05, 0.1) is 15.2 Å². The van der Waals surface area contributed by atoms with Gasteiger partial charge in [0.2, 0.25) is 0 Å². The van der Waals surface area contributed by atoms with Crippen molar-refractivity contribution in [2.45, 2.75) is 32.2 Å². The van der Waals surface area contributed by atoms with E-state index >= 15 is 0 Å². The van der Waals surface area contributed by atoms with Crippen molar-refractivity contribution < 1.29 is 0 Å². The zero-order chi connectivity index (χ0) is 14.5. The first kappa shape index (κ1) is 14.7. The molecule has 0 fully saturated rings. The SMILES string of the molecule is CCCNC(Cc1ccsc1)Cc1nc2ccccc2s1. The number of hydrogen-bond donors (Lipinski definition) is 1. The highest BCUT2D eigenvalue weighted by molar-refractivity contribution is 7.18. The van der Waals surface area contributed by atoms with Crippen LogP contribution in [0.15, 0.2) is 41.1 Å². The van der Waals surface area contributed by atoms with Crippen LogP contribution in [0.2, 0.25) is 0 Å². The fourth-order valence-corrected chi connectivity index (χ4v) is 4.21. The van der Waals surface area contributed by atoms with Crippen LogP contribution in [-0.2, 0) is 12.8 Å². The van der Waals surface area contributed by atoms with Crippen LogP contribution < -0.4 is 5.32 Å². The normalized spacial score (nSPS) is 12.8. The van der Waals surface area contributed by atoms with Crippen LogP contribution in [0.4, 0.5) is 0 Å². The summed E-state index contributed by atoms with van der Waals surface area (Å²) in [6, 6.07) is 11.1. The lowest BCUT2D eigenvalue weighted by atomic mass is 10.1. The molecule has 110 valence electrons. The van der Waals surface area contributed by atoms with Crippen molar-refractivity contribution in [3.05, 3.63) is 51.7 Å². The van der Waals surface area contributed by atoms with E-state index in [1.54, 1.807) is 11.3 Å². The van der Waals surface area contributed by atoms with E-state index in [0.29, 0.717) is 6.04 Å². The second-order valence-electron chi connectivity index (χ2n) is 5.27. The Bertz CT molecular complexity index is 640. The molecule has 0 amide bonds. The first-order valence-corrected chi connectivity index (χ1v) is 9.20. The number of thiophene rings is 1. The van der Waals surface area contributed by atoms with Gasteiger partial charge in [-0.2, -0.15) is 11.3 Å². The maximum atomic E-state index is 4.77. The third-order valence-corrected chi connectivity index (χ3v) is 5.30.